The van der Waals surface area contributed by atoms with Gasteiger partial charge in [0.25, 0.3) is 0 Å². The van der Waals surface area contributed by atoms with Gasteiger partial charge in [-0.3, -0.25) is 4.79 Å². The molecule has 0 saturated heterocycles. The highest BCUT2D eigenvalue weighted by molar-refractivity contribution is 7.15. The topological polar surface area (TPSA) is 99.4 Å². The van der Waals surface area contributed by atoms with Gasteiger partial charge in [0, 0.05) is 11.6 Å². The van der Waals surface area contributed by atoms with Gasteiger partial charge in [0.1, 0.15) is 18.2 Å². The highest BCUT2D eigenvalue weighted by Crippen LogP contribution is 2.34. The second-order valence-corrected chi connectivity index (χ2v) is 6.57. The van der Waals surface area contributed by atoms with Crippen molar-refractivity contribution in [3.63, 3.8) is 0 Å². The van der Waals surface area contributed by atoms with Gasteiger partial charge in [0.2, 0.25) is 11.0 Å². The lowest BCUT2D eigenvalue weighted by Crippen LogP contribution is -2.15. The molecule has 1 amide bonds. The number of anilines is 1. The molecule has 0 bridgehead atoms. The van der Waals surface area contributed by atoms with Crippen molar-refractivity contribution >= 4 is 22.4 Å². The summed E-state index contributed by atoms with van der Waals surface area (Å²) in [5, 5.41) is 15.6. The Morgan fingerprint density at radius 3 is 2.84 bits per heavy atom. The molecule has 128 valence electrons. The van der Waals surface area contributed by atoms with Gasteiger partial charge in [-0.15, -0.1) is 10.2 Å². The molecular formula is C16H14N4O4S. The summed E-state index contributed by atoms with van der Waals surface area (Å²) >= 11 is 1.32. The summed E-state index contributed by atoms with van der Waals surface area (Å²) in [4.78, 5) is 12.0. The lowest BCUT2D eigenvalue weighted by molar-refractivity contribution is -0.115. The molecule has 0 atom stereocenters. The Labute approximate surface area is 146 Å². The predicted octanol–water partition coefficient (Wildman–Crippen LogP) is 2.45. The predicted molar refractivity (Wildman–Crippen MR) is 89.9 cm³/mol. The van der Waals surface area contributed by atoms with E-state index in [4.69, 9.17) is 14.0 Å². The third-order valence-corrected chi connectivity index (χ3v) is 4.25. The van der Waals surface area contributed by atoms with Gasteiger partial charge < -0.3 is 19.3 Å². The number of rotatable bonds is 4. The molecule has 0 aliphatic carbocycles. The average molecular weight is 358 g/mol. The van der Waals surface area contributed by atoms with Crippen LogP contribution in [0.25, 0.3) is 11.3 Å². The second-order valence-electron chi connectivity index (χ2n) is 5.39. The minimum atomic E-state index is -0.224. The molecule has 0 saturated carbocycles. The van der Waals surface area contributed by atoms with Gasteiger partial charge in [-0.2, -0.15) is 0 Å². The third-order valence-electron chi connectivity index (χ3n) is 3.50. The van der Waals surface area contributed by atoms with Crippen LogP contribution in [0.2, 0.25) is 0 Å². The average Bonchev–Trinajstić information content (AvgIpc) is 3.23. The van der Waals surface area contributed by atoms with Gasteiger partial charge in [-0.25, -0.2) is 0 Å². The van der Waals surface area contributed by atoms with E-state index in [2.05, 4.69) is 20.7 Å². The maximum Gasteiger partial charge on any atom is 0.232 e. The number of carbonyl (C=O) groups excluding carboxylic acids is 1. The van der Waals surface area contributed by atoms with E-state index in [1.54, 1.807) is 6.07 Å². The summed E-state index contributed by atoms with van der Waals surface area (Å²) in [7, 11) is 0. The standard InChI is InChI=1S/C16H14N4O4S/c1-9-18-19-16(25-9)17-15(21)8-11-7-13(24-20-11)10-2-3-12-14(6-10)23-5-4-22-12/h2-3,6-7H,4-5,8H2,1H3,(H,17,19,21). The molecule has 2 aromatic heterocycles. The molecule has 0 spiro atoms. The highest BCUT2D eigenvalue weighted by Gasteiger charge is 2.16. The van der Waals surface area contributed by atoms with Crippen molar-refractivity contribution in [2.75, 3.05) is 18.5 Å². The van der Waals surface area contributed by atoms with E-state index < -0.39 is 0 Å². The first-order chi connectivity index (χ1) is 12.2. The lowest BCUT2D eigenvalue weighted by atomic mass is 10.1. The first kappa shape index (κ1) is 15.6. The van der Waals surface area contributed by atoms with E-state index in [1.165, 1.54) is 11.3 Å². The van der Waals surface area contributed by atoms with Crippen LogP contribution in [0.15, 0.2) is 28.8 Å². The lowest BCUT2D eigenvalue weighted by Gasteiger charge is -2.18. The number of carbonyl (C=O) groups is 1. The van der Waals surface area contributed by atoms with E-state index in [9.17, 15) is 4.79 Å². The number of fused-ring (bicyclic) bond motifs is 1. The Kier molecular flexibility index (Phi) is 4.06. The minimum Gasteiger partial charge on any atom is -0.486 e. The van der Waals surface area contributed by atoms with Gasteiger partial charge in [0.05, 0.1) is 12.1 Å². The number of ether oxygens (including phenoxy) is 2. The molecule has 0 fully saturated rings. The van der Waals surface area contributed by atoms with E-state index in [0.29, 0.717) is 41.3 Å². The van der Waals surface area contributed by atoms with Crippen molar-refractivity contribution in [3.8, 4) is 22.8 Å². The summed E-state index contributed by atoms with van der Waals surface area (Å²) < 4.78 is 16.4. The Morgan fingerprint density at radius 2 is 2.04 bits per heavy atom. The van der Waals surface area contributed by atoms with Crippen LogP contribution in [-0.2, 0) is 11.2 Å². The largest absolute Gasteiger partial charge is 0.486 e. The number of nitrogens with zero attached hydrogens (tertiary/aromatic N) is 3. The summed E-state index contributed by atoms with van der Waals surface area (Å²) in [6, 6.07) is 7.26. The fourth-order valence-electron chi connectivity index (χ4n) is 2.40. The maximum absolute atomic E-state index is 12.0. The first-order valence-electron chi connectivity index (χ1n) is 7.63. The second kappa shape index (κ2) is 6.52. The molecular weight excluding hydrogens is 344 g/mol. The number of aromatic nitrogens is 3. The molecule has 25 heavy (non-hydrogen) atoms. The molecule has 0 radical (unpaired) electrons. The van der Waals surface area contributed by atoms with E-state index in [1.807, 2.05) is 25.1 Å². The summed E-state index contributed by atoms with van der Waals surface area (Å²) in [5.74, 6) is 1.72. The van der Waals surface area contributed by atoms with Crippen LogP contribution in [0.4, 0.5) is 5.13 Å². The van der Waals surface area contributed by atoms with Crippen LogP contribution in [0.3, 0.4) is 0 Å². The third kappa shape index (κ3) is 3.45. The van der Waals surface area contributed by atoms with Crippen LogP contribution >= 0.6 is 11.3 Å². The summed E-state index contributed by atoms with van der Waals surface area (Å²) in [5.41, 5.74) is 1.34. The number of hydrogen-bond donors (Lipinski definition) is 1. The number of benzene rings is 1. The van der Waals surface area contributed by atoms with Crippen molar-refractivity contribution in [1.82, 2.24) is 15.4 Å². The first-order valence-corrected chi connectivity index (χ1v) is 8.44. The van der Waals surface area contributed by atoms with Gasteiger partial charge >= 0.3 is 0 Å². The number of amides is 1. The normalized spacial score (nSPS) is 12.8. The number of nitrogens with one attached hydrogen (secondary N) is 1. The van der Waals surface area contributed by atoms with Crippen LogP contribution in [-0.4, -0.2) is 34.5 Å². The zero-order valence-electron chi connectivity index (χ0n) is 13.3. The molecule has 1 aliphatic heterocycles. The molecule has 4 rings (SSSR count). The van der Waals surface area contributed by atoms with Gasteiger partial charge in [0.15, 0.2) is 17.3 Å². The molecule has 9 heteroatoms. The maximum atomic E-state index is 12.0. The van der Waals surface area contributed by atoms with E-state index in [0.717, 1.165) is 10.6 Å². The smallest absolute Gasteiger partial charge is 0.232 e. The summed E-state index contributed by atoms with van der Waals surface area (Å²) in [6.07, 6.45) is 0.0900. The fraction of sp³-hybridized carbons (Fsp3) is 0.250. The molecule has 3 aromatic rings. The van der Waals surface area contributed by atoms with Crippen molar-refractivity contribution in [1.29, 1.82) is 0 Å². The number of hydrogen-bond acceptors (Lipinski definition) is 8. The van der Waals surface area contributed by atoms with Crippen LogP contribution < -0.4 is 14.8 Å². The number of aryl methyl sites for hydroxylation is 1. The van der Waals surface area contributed by atoms with Crippen molar-refractivity contribution in [2.45, 2.75) is 13.3 Å². The van der Waals surface area contributed by atoms with E-state index >= 15 is 0 Å². The van der Waals surface area contributed by atoms with Crippen molar-refractivity contribution in [2.24, 2.45) is 0 Å². The van der Waals surface area contributed by atoms with Crippen LogP contribution in [0.1, 0.15) is 10.7 Å². The Balaban J connectivity index is 1.45. The SMILES string of the molecule is Cc1nnc(NC(=O)Cc2cc(-c3ccc4c(c3)OCCO4)on2)s1. The molecule has 8 nitrogen and oxygen atoms in total. The minimum absolute atomic E-state index is 0.0900. The van der Waals surface area contributed by atoms with Crippen LogP contribution in [0.5, 0.6) is 11.5 Å². The van der Waals surface area contributed by atoms with Crippen molar-refractivity contribution in [3.05, 3.63) is 35.0 Å². The van der Waals surface area contributed by atoms with Crippen molar-refractivity contribution < 1.29 is 18.8 Å². The quantitative estimate of drug-likeness (QED) is 0.764. The molecule has 1 aliphatic rings. The zero-order chi connectivity index (χ0) is 17.2. The Morgan fingerprint density at radius 1 is 1.20 bits per heavy atom. The van der Waals surface area contributed by atoms with Gasteiger partial charge in [-0.05, 0) is 25.1 Å². The molecule has 1 aromatic carbocycles. The molecule has 0 unspecified atom stereocenters. The van der Waals surface area contributed by atoms with Gasteiger partial charge in [-0.1, -0.05) is 16.5 Å². The Bertz CT molecular complexity index is 921. The molecule has 3 heterocycles. The highest BCUT2D eigenvalue weighted by atomic mass is 32.1. The monoisotopic (exact) mass is 358 g/mol. The Hall–Kier alpha value is -2.94. The summed E-state index contributed by atoms with van der Waals surface area (Å²) in [6.45, 7) is 2.88. The molecule has 1 N–H and O–H groups in total. The van der Waals surface area contributed by atoms with E-state index in [-0.39, 0.29) is 12.3 Å². The zero-order valence-corrected chi connectivity index (χ0v) is 14.1. The van der Waals surface area contributed by atoms with Crippen LogP contribution in [0, 0.1) is 6.92 Å². The fourth-order valence-corrected chi connectivity index (χ4v) is 3.01.